The molecule has 4 aliphatic rings. The number of rotatable bonds is 16. The van der Waals surface area contributed by atoms with Gasteiger partial charge < -0.3 is 43.6 Å². The molecule has 2 unspecified atom stereocenters. The largest absolute Gasteiger partial charge is 0.456 e. The van der Waals surface area contributed by atoms with Gasteiger partial charge in [-0.1, -0.05) is 69.3 Å². The highest BCUT2D eigenvalue weighted by molar-refractivity contribution is 7.80. The van der Waals surface area contributed by atoms with Crippen LogP contribution in [0.4, 0.5) is 4.39 Å². The molecular formula is C52H60FNO14S. The number of amides is 1. The standard InChI is InChI=1S/C52H60FNO14S/c1-8-38(56)66-41-39-29(3)35(65-48(60)42(63-24-25-69)40(31-16-12-10-13-17-31)54-46(58)32-18-14-11-15-19-32)27-52(61,49(39,5)6)45(67-47(59)33-20-22-34(53)23-21-33)43-50(7,44(41)57)36(62-9-2)26-37-51(43,28-64-37)68-30(4)55/h10-23,35-37,40-43,45,61,69H,8-9,24-28H2,1-7H3,(H,54,58)/t35-,36-,37+,40-,41+,42+,43?,45?,50+,51-,52+/m0/s1. The Morgan fingerprint density at radius 2 is 1.57 bits per heavy atom. The molecule has 1 saturated heterocycles. The van der Waals surface area contributed by atoms with Crippen LogP contribution in [-0.2, 0) is 52.3 Å². The Balaban J connectivity index is 1.44. The number of fused-ring (bicyclic) bond motifs is 5. The van der Waals surface area contributed by atoms with Crippen molar-refractivity contribution in [1.29, 1.82) is 0 Å². The predicted molar refractivity (Wildman–Crippen MR) is 249 cm³/mol. The first kappa shape index (κ1) is 51.4. The molecule has 17 heteroatoms. The van der Waals surface area contributed by atoms with Gasteiger partial charge >= 0.3 is 23.9 Å². The normalized spacial score (nSPS) is 29.9. The quantitative estimate of drug-likeness (QED) is 0.0629. The topological polar surface area (TPSA) is 199 Å². The first-order valence-electron chi connectivity index (χ1n) is 23.2. The minimum atomic E-state index is -2.39. The van der Waals surface area contributed by atoms with E-state index in [9.17, 15) is 28.7 Å². The van der Waals surface area contributed by atoms with E-state index in [-0.39, 0.29) is 55.1 Å². The maximum Gasteiger partial charge on any atom is 0.338 e. The van der Waals surface area contributed by atoms with Crippen LogP contribution in [0, 0.1) is 22.6 Å². The van der Waals surface area contributed by atoms with Gasteiger partial charge in [0.2, 0.25) is 0 Å². The maximum atomic E-state index is 16.1. The van der Waals surface area contributed by atoms with E-state index in [1.807, 2.05) is 0 Å². The van der Waals surface area contributed by atoms with Crippen LogP contribution in [0.3, 0.4) is 0 Å². The average molecular weight is 974 g/mol. The van der Waals surface area contributed by atoms with Crippen molar-refractivity contribution in [1.82, 2.24) is 5.32 Å². The van der Waals surface area contributed by atoms with Crippen LogP contribution in [0.25, 0.3) is 0 Å². The van der Waals surface area contributed by atoms with Gasteiger partial charge in [-0.2, -0.15) is 12.6 Å². The first-order chi connectivity index (χ1) is 32.8. The third kappa shape index (κ3) is 9.35. The molecule has 3 aromatic rings. The number of nitrogens with one attached hydrogen (secondary N) is 1. The molecule has 1 aliphatic heterocycles. The van der Waals surface area contributed by atoms with Crippen molar-refractivity contribution < 1.29 is 71.4 Å². The lowest BCUT2D eigenvalue weighted by molar-refractivity contribution is -0.348. The van der Waals surface area contributed by atoms with Crippen LogP contribution in [0.5, 0.6) is 0 Å². The number of carbonyl (C=O) groups excluding carboxylic acids is 6. The molecule has 0 spiro atoms. The van der Waals surface area contributed by atoms with E-state index in [0.717, 1.165) is 12.1 Å². The Kier molecular flexibility index (Phi) is 15.3. The molecule has 7 rings (SSSR count). The fourth-order valence-corrected chi connectivity index (χ4v) is 11.1. The zero-order valence-electron chi connectivity index (χ0n) is 39.7. The van der Waals surface area contributed by atoms with Gasteiger partial charge in [0.1, 0.15) is 29.7 Å². The average Bonchev–Trinajstić information content (AvgIpc) is 3.32. The van der Waals surface area contributed by atoms with Crippen LogP contribution in [0.15, 0.2) is 96.1 Å². The summed E-state index contributed by atoms with van der Waals surface area (Å²) in [6.07, 6.45) is -9.18. The van der Waals surface area contributed by atoms with Crippen LogP contribution in [-0.4, -0.2) is 114 Å². The van der Waals surface area contributed by atoms with E-state index in [4.69, 9.17) is 33.2 Å². The zero-order chi connectivity index (χ0) is 50.1. The van der Waals surface area contributed by atoms with Gasteiger partial charge in [-0.3, -0.25) is 19.2 Å². The van der Waals surface area contributed by atoms with Crippen LogP contribution in [0.2, 0.25) is 0 Å². The number of thiol groups is 1. The minimum Gasteiger partial charge on any atom is -0.456 e. The Hall–Kier alpha value is -5.46. The highest BCUT2D eigenvalue weighted by Crippen LogP contribution is 2.65. The third-order valence-corrected chi connectivity index (χ3v) is 14.7. The lowest BCUT2D eigenvalue weighted by Crippen LogP contribution is -2.82. The second kappa shape index (κ2) is 20.5. The van der Waals surface area contributed by atoms with Gasteiger partial charge in [-0.05, 0) is 73.9 Å². The van der Waals surface area contributed by atoms with E-state index in [0.29, 0.717) is 11.1 Å². The summed E-state index contributed by atoms with van der Waals surface area (Å²) in [4.78, 5) is 86.4. The first-order valence-corrected chi connectivity index (χ1v) is 23.8. The number of carbonyl (C=O) groups is 6. The van der Waals surface area contributed by atoms with Crippen molar-refractivity contribution in [3.05, 3.63) is 119 Å². The number of ether oxygens (including phenoxy) is 7. The summed E-state index contributed by atoms with van der Waals surface area (Å²) < 4.78 is 58.3. The molecule has 1 amide bonds. The monoisotopic (exact) mass is 973 g/mol. The van der Waals surface area contributed by atoms with Crippen molar-refractivity contribution in [2.24, 2.45) is 16.7 Å². The molecule has 1 heterocycles. The van der Waals surface area contributed by atoms with E-state index < -0.39 is 118 Å². The molecule has 3 aliphatic carbocycles. The zero-order valence-corrected chi connectivity index (χ0v) is 40.6. The summed E-state index contributed by atoms with van der Waals surface area (Å²) in [5.41, 5.74) is -6.69. The molecule has 0 aromatic heterocycles. The highest BCUT2D eigenvalue weighted by atomic mass is 32.1. The summed E-state index contributed by atoms with van der Waals surface area (Å²) in [7, 11) is 0. The molecule has 2 saturated carbocycles. The second-order valence-electron chi connectivity index (χ2n) is 18.7. The number of esters is 4. The molecule has 3 fully saturated rings. The third-order valence-electron chi connectivity index (χ3n) is 14.5. The predicted octanol–water partition coefficient (Wildman–Crippen LogP) is 6.26. The lowest BCUT2D eigenvalue weighted by Gasteiger charge is -2.67. The minimum absolute atomic E-state index is 0.0179. The number of benzene rings is 3. The Labute approximate surface area is 406 Å². The van der Waals surface area contributed by atoms with Crippen LogP contribution >= 0.6 is 12.6 Å². The smallest absolute Gasteiger partial charge is 0.338 e. The number of hydrogen-bond donors (Lipinski definition) is 3. The Morgan fingerprint density at radius 1 is 0.913 bits per heavy atom. The molecule has 11 atom stereocenters. The molecule has 370 valence electrons. The fourth-order valence-electron chi connectivity index (χ4n) is 11.0. The maximum absolute atomic E-state index is 16.1. The summed E-state index contributed by atoms with van der Waals surface area (Å²) >= 11 is 4.33. The number of aliphatic hydroxyl groups is 1. The van der Waals surface area contributed by atoms with Crippen LogP contribution in [0.1, 0.15) is 100 Å². The van der Waals surface area contributed by atoms with Gasteiger partial charge in [0.05, 0.1) is 42.3 Å². The van der Waals surface area contributed by atoms with Gasteiger partial charge in [-0.15, -0.1) is 0 Å². The van der Waals surface area contributed by atoms with Gasteiger partial charge in [0.25, 0.3) is 5.91 Å². The van der Waals surface area contributed by atoms with Crippen molar-refractivity contribution in [3.63, 3.8) is 0 Å². The van der Waals surface area contributed by atoms with Crippen molar-refractivity contribution >= 4 is 48.2 Å². The SMILES string of the molecule is CCO[C@H]1C[C@H]2OC[C@@]2(OC(C)=O)C2C(OC(=O)c3ccc(F)cc3)[C@]3(O)C[C@H](OC(=O)[C@H](OCCS)[C@@H](NC(=O)c4ccccc4)c4ccccc4)C(C)=C([C@@H](OC(=O)CC)C(=O)[C@@]21C)C3(C)C. The van der Waals surface area contributed by atoms with Gasteiger partial charge in [0.15, 0.2) is 23.6 Å². The van der Waals surface area contributed by atoms with E-state index in [1.165, 1.54) is 19.1 Å². The van der Waals surface area contributed by atoms with Crippen molar-refractivity contribution in [3.8, 4) is 0 Å². The highest BCUT2D eigenvalue weighted by Gasteiger charge is 2.78. The number of Topliss-reactive ketones (excluding diaryl/α,β-unsaturated/α-hetero) is 1. The Morgan fingerprint density at radius 3 is 2.14 bits per heavy atom. The molecule has 2 bridgehead atoms. The number of halogens is 1. The van der Waals surface area contributed by atoms with Crippen molar-refractivity contribution in [2.45, 2.75) is 122 Å². The van der Waals surface area contributed by atoms with E-state index in [1.54, 1.807) is 102 Å². The van der Waals surface area contributed by atoms with E-state index >= 15 is 9.59 Å². The summed E-state index contributed by atoms with van der Waals surface area (Å²) in [5, 5.41) is 17.0. The number of ketones is 1. The molecular weight excluding hydrogens is 914 g/mol. The van der Waals surface area contributed by atoms with Crippen LogP contribution < -0.4 is 5.32 Å². The van der Waals surface area contributed by atoms with Gasteiger partial charge in [0, 0.05) is 49.5 Å². The van der Waals surface area contributed by atoms with E-state index in [2.05, 4.69) is 17.9 Å². The summed E-state index contributed by atoms with van der Waals surface area (Å²) in [6, 6.07) is 20.4. The summed E-state index contributed by atoms with van der Waals surface area (Å²) in [5.74, 6) is -6.72. The number of hydrogen-bond acceptors (Lipinski definition) is 15. The molecule has 69 heavy (non-hydrogen) atoms. The Bertz CT molecular complexity index is 2450. The molecule has 0 radical (unpaired) electrons. The lowest BCUT2D eigenvalue weighted by atomic mass is 9.44. The summed E-state index contributed by atoms with van der Waals surface area (Å²) in [6.45, 7) is 10.6. The molecule has 2 N–H and O–H groups in total. The molecule has 15 nitrogen and oxygen atoms in total. The molecule has 3 aromatic carbocycles. The van der Waals surface area contributed by atoms with Crippen molar-refractivity contribution in [2.75, 3.05) is 25.6 Å². The fraction of sp³-hybridized carbons (Fsp3) is 0.500. The van der Waals surface area contributed by atoms with Gasteiger partial charge in [-0.25, -0.2) is 14.0 Å². The second-order valence-corrected chi connectivity index (χ2v) is 19.2.